The minimum absolute atomic E-state index is 0.0114. The third-order valence-corrected chi connectivity index (χ3v) is 3.45. The molecule has 1 amide bonds. The summed E-state index contributed by atoms with van der Waals surface area (Å²) in [6.45, 7) is 1.41. The van der Waals surface area contributed by atoms with Crippen molar-refractivity contribution in [1.29, 1.82) is 0 Å². The third kappa shape index (κ3) is 2.37. The van der Waals surface area contributed by atoms with Gasteiger partial charge in [0.15, 0.2) is 0 Å². The number of thiophene rings is 1. The second-order valence-corrected chi connectivity index (χ2v) is 4.58. The summed E-state index contributed by atoms with van der Waals surface area (Å²) in [7, 11) is 0. The molecule has 0 spiro atoms. The molecule has 2 heterocycles. The number of nitrogens with two attached hydrogens (primary N) is 1. The predicted molar refractivity (Wildman–Crippen MR) is 58.5 cm³/mol. The monoisotopic (exact) mass is 226 g/mol. The van der Waals surface area contributed by atoms with Crippen molar-refractivity contribution in [1.82, 2.24) is 4.90 Å². The van der Waals surface area contributed by atoms with Gasteiger partial charge in [0, 0.05) is 13.1 Å². The van der Waals surface area contributed by atoms with Crippen LogP contribution in [0, 0.1) is 0 Å². The summed E-state index contributed by atoms with van der Waals surface area (Å²) in [5.41, 5.74) is 0. The normalized spacial score (nSPS) is 21.7. The molecule has 5 heteroatoms. The Morgan fingerprint density at radius 2 is 2.53 bits per heavy atom. The maximum absolute atomic E-state index is 12.0. The van der Waals surface area contributed by atoms with Crippen LogP contribution in [0.25, 0.3) is 0 Å². The van der Waals surface area contributed by atoms with Crippen molar-refractivity contribution in [2.75, 3.05) is 13.1 Å². The van der Waals surface area contributed by atoms with E-state index in [1.54, 1.807) is 0 Å². The van der Waals surface area contributed by atoms with Gasteiger partial charge in [0.1, 0.15) is 0 Å². The third-order valence-electron chi connectivity index (χ3n) is 2.59. The molecule has 15 heavy (non-hydrogen) atoms. The van der Waals surface area contributed by atoms with Gasteiger partial charge in [0.25, 0.3) is 5.91 Å². The van der Waals surface area contributed by atoms with Gasteiger partial charge in [-0.25, -0.2) is 5.90 Å². The standard InChI is InChI=1S/C10H14N2O2S/c11-14-8-3-1-5-12(7-8)10(13)9-4-2-6-15-9/h2,4,6,8H,1,3,5,7,11H2. The van der Waals surface area contributed by atoms with E-state index < -0.39 is 0 Å². The van der Waals surface area contributed by atoms with Crippen molar-refractivity contribution < 1.29 is 9.63 Å². The number of amides is 1. The van der Waals surface area contributed by atoms with Crippen LogP contribution < -0.4 is 5.90 Å². The topological polar surface area (TPSA) is 55.6 Å². The molecule has 1 aliphatic heterocycles. The number of carbonyl (C=O) groups is 1. The fourth-order valence-corrected chi connectivity index (χ4v) is 2.48. The molecule has 2 rings (SSSR count). The Morgan fingerprint density at radius 3 is 3.20 bits per heavy atom. The van der Waals surface area contributed by atoms with Gasteiger partial charge in [-0.2, -0.15) is 0 Å². The Balaban J connectivity index is 2.01. The van der Waals surface area contributed by atoms with Gasteiger partial charge in [0.05, 0.1) is 11.0 Å². The average Bonchev–Trinajstić information content (AvgIpc) is 2.81. The van der Waals surface area contributed by atoms with Crippen molar-refractivity contribution in [2.24, 2.45) is 5.90 Å². The van der Waals surface area contributed by atoms with E-state index in [9.17, 15) is 4.79 Å². The summed E-state index contributed by atoms with van der Waals surface area (Å²) in [4.78, 5) is 19.4. The molecule has 1 unspecified atom stereocenters. The predicted octanol–water partition coefficient (Wildman–Crippen LogP) is 1.24. The van der Waals surface area contributed by atoms with E-state index in [0.29, 0.717) is 6.54 Å². The van der Waals surface area contributed by atoms with Crippen LogP contribution in [-0.2, 0) is 4.84 Å². The number of piperidine rings is 1. The Labute approximate surface area is 92.6 Å². The van der Waals surface area contributed by atoms with E-state index >= 15 is 0 Å². The molecular weight excluding hydrogens is 212 g/mol. The molecule has 0 radical (unpaired) electrons. The zero-order valence-corrected chi connectivity index (χ0v) is 9.20. The molecule has 1 atom stereocenters. The van der Waals surface area contributed by atoms with Crippen LogP contribution >= 0.6 is 11.3 Å². The van der Waals surface area contributed by atoms with E-state index in [4.69, 9.17) is 10.7 Å². The average molecular weight is 226 g/mol. The van der Waals surface area contributed by atoms with Gasteiger partial charge in [0.2, 0.25) is 0 Å². The zero-order chi connectivity index (χ0) is 10.7. The summed E-state index contributed by atoms with van der Waals surface area (Å²) in [5, 5.41) is 1.91. The minimum Gasteiger partial charge on any atom is -0.335 e. The van der Waals surface area contributed by atoms with Gasteiger partial charge >= 0.3 is 0 Å². The molecule has 0 aliphatic carbocycles. The van der Waals surface area contributed by atoms with Gasteiger partial charge in [-0.15, -0.1) is 11.3 Å². The first-order chi connectivity index (χ1) is 7.31. The van der Waals surface area contributed by atoms with Crippen LogP contribution in [-0.4, -0.2) is 30.0 Å². The van der Waals surface area contributed by atoms with Crippen molar-refractivity contribution in [2.45, 2.75) is 18.9 Å². The molecule has 1 aromatic heterocycles. The van der Waals surface area contributed by atoms with Crippen LogP contribution in [0.4, 0.5) is 0 Å². The number of rotatable bonds is 2. The van der Waals surface area contributed by atoms with Crippen LogP contribution in [0.3, 0.4) is 0 Å². The van der Waals surface area contributed by atoms with E-state index in [0.717, 1.165) is 24.3 Å². The SMILES string of the molecule is NOC1CCCN(C(=O)c2cccs2)C1. The van der Waals surface area contributed by atoms with E-state index in [-0.39, 0.29) is 12.0 Å². The van der Waals surface area contributed by atoms with Crippen LogP contribution in [0.2, 0.25) is 0 Å². The van der Waals surface area contributed by atoms with Gasteiger partial charge in [-0.05, 0) is 24.3 Å². The van der Waals surface area contributed by atoms with E-state index in [2.05, 4.69) is 0 Å². The largest absolute Gasteiger partial charge is 0.335 e. The molecule has 4 nitrogen and oxygen atoms in total. The van der Waals surface area contributed by atoms with Crippen LogP contribution in [0.5, 0.6) is 0 Å². The number of likely N-dealkylation sites (tertiary alicyclic amines) is 1. The van der Waals surface area contributed by atoms with Gasteiger partial charge in [-0.1, -0.05) is 6.07 Å². The number of nitrogens with zero attached hydrogens (tertiary/aromatic N) is 1. The van der Waals surface area contributed by atoms with Crippen LogP contribution in [0.1, 0.15) is 22.5 Å². The Morgan fingerprint density at radius 1 is 1.67 bits per heavy atom. The first kappa shape index (κ1) is 10.6. The summed E-state index contributed by atoms with van der Waals surface area (Å²) < 4.78 is 0. The lowest BCUT2D eigenvalue weighted by Crippen LogP contribution is -2.43. The number of hydrogen-bond acceptors (Lipinski definition) is 4. The van der Waals surface area contributed by atoms with E-state index in [1.807, 2.05) is 22.4 Å². The van der Waals surface area contributed by atoms with Crippen molar-refractivity contribution in [3.8, 4) is 0 Å². The molecule has 2 N–H and O–H groups in total. The Hall–Kier alpha value is -0.910. The van der Waals surface area contributed by atoms with Gasteiger partial charge in [-0.3, -0.25) is 9.63 Å². The van der Waals surface area contributed by atoms with Crippen molar-refractivity contribution >= 4 is 17.2 Å². The highest BCUT2D eigenvalue weighted by Crippen LogP contribution is 2.17. The summed E-state index contributed by atoms with van der Waals surface area (Å²) in [5.74, 6) is 5.24. The molecule has 82 valence electrons. The maximum atomic E-state index is 12.0. The van der Waals surface area contributed by atoms with Crippen molar-refractivity contribution in [3.05, 3.63) is 22.4 Å². The lowest BCUT2D eigenvalue weighted by Gasteiger charge is -2.31. The van der Waals surface area contributed by atoms with E-state index in [1.165, 1.54) is 11.3 Å². The second kappa shape index (κ2) is 4.74. The summed E-state index contributed by atoms with van der Waals surface area (Å²) in [6.07, 6.45) is 1.88. The van der Waals surface area contributed by atoms with Crippen molar-refractivity contribution in [3.63, 3.8) is 0 Å². The Bertz CT molecular complexity index is 326. The second-order valence-electron chi connectivity index (χ2n) is 3.63. The fourth-order valence-electron chi connectivity index (χ4n) is 1.79. The smallest absolute Gasteiger partial charge is 0.264 e. The molecule has 0 aromatic carbocycles. The summed E-state index contributed by atoms with van der Waals surface area (Å²) >= 11 is 1.47. The highest BCUT2D eigenvalue weighted by Gasteiger charge is 2.24. The number of carbonyl (C=O) groups excluding carboxylic acids is 1. The maximum Gasteiger partial charge on any atom is 0.264 e. The zero-order valence-electron chi connectivity index (χ0n) is 8.39. The highest BCUT2D eigenvalue weighted by molar-refractivity contribution is 7.12. The molecule has 1 aromatic rings. The summed E-state index contributed by atoms with van der Waals surface area (Å²) in [6, 6.07) is 3.73. The fraction of sp³-hybridized carbons (Fsp3) is 0.500. The molecule has 0 bridgehead atoms. The lowest BCUT2D eigenvalue weighted by molar-refractivity contribution is 0.00112. The Kier molecular flexibility index (Phi) is 3.35. The lowest BCUT2D eigenvalue weighted by atomic mass is 10.1. The quantitative estimate of drug-likeness (QED) is 0.772. The number of hydrogen-bond donors (Lipinski definition) is 1. The molecular formula is C10H14N2O2S. The highest BCUT2D eigenvalue weighted by atomic mass is 32.1. The first-order valence-electron chi connectivity index (χ1n) is 4.99. The van der Waals surface area contributed by atoms with Gasteiger partial charge < -0.3 is 4.90 Å². The molecule has 0 saturated carbocycles. The molecule has 1 aliphatic rings. The minimum atomic E-state index is -0.0114. The van der Waals surface area contributed by atoms with Crippen LogP contribution in [0.15, 0.2) is 17.5 Å². The molecule has 1 fully saturated rings. The molecule has 1 saturated heterocycles. The first-order valence-corrected chi connectivity index (χ1v) is 5.87.